The fraction of sp³-hybridized carbons (Fsp3) is 0.606. The van der Waals surface area contributed by atoms with Crippen LogP contribution in [-0.4, -0.2) is 83.2 Å². The molecule has 2 bridgehead atoms. The molecule has 0 aromatic heterocycles. The molecule has 3 fully saturated rings. The van der Waals surface area contributed by atoms with E-state index in [1.54, 1.807) is 33.7 Å². The van der Waals surface area contributed by atoms with E-state index in [0.29, 0.717) is 32.4 Å². The van der Waals surface area contributed by atoms with Crippen molar-refractivity contribution < 1.29 is 24.2 Å². The van der Waals surface area contributed by atoms with Crippen LogP contribution in [0.25, 0.3) is 0 Å². The number of aliphatic hydroxyl groups is 1. The molecule has 1 spiro atoms. The van der Waals surface area contributed by atoms with Gasteiger partial charge in [-0.2, -0.15) is 0 Å². The van der Waals surface area contributed by atoms with Crippen LogP contribution in [0.5, 0.6) is 0 Å². The van der Waals surface area contributed by atoms with E-state index in [1.807, 2.05) is 24.3 Å². The van der Waals surface area contributed by atoms with Crippen molar-refractivity contribution in [3.8, 4) is 0 Å². The van der Waals surface area contributed by atoms with E-state index < -0.39 is 22.6 Å². The van der Waals surface area contributed by atoms with Crippen LogP contribution in [0.1, 0.15) is 52.9 Å². The molecular formula is C33H47N3O5S. The summed E-state index contributed by atoms with van der Waals surface area (Å²) in [6.07, 6.45) is 6.81. The monoisotopic (exact) mass is 597 g/mol. The lowest BCUT2D eigenvalue weighted by molar-refractivity contribution is -0.154. The Morgan fingerprint density at radius 2 is 1.81 bits per heavy atom. The lowest BCUT2D eigenvalue weighted by Gasteiger charge is -2.40. The minimum atomic E-state index is -0.710. The van der Waals surface area contributed by atoms with Crippen LogP contribution < -0.4 is 9.80 Å². The Morgan fingerprint density at radius 3 is 2.43 bits per heavy atom. The number of rotatable bonds is 16. The molecule has 3 unspecified atom stereocenters. The summed E-state index contributed by atoms with van der Waals surface area (Å²) in [6.45, 7) is 16.8. The number of esters is 1. The van der Waals surface area contributed by atoms with E-state index in [9.17, 15) is 19.5 Å². The van der Waals surface area contributed by atoms with Crippen molar-refractivity contribution in [1.82, 2.24) is 4.90 Å². The zero-order chi connectivity index (χ0) is 30.4. The van der Waals surface area contributed by atoms with Crippen molar-refractivity contribution in [2.24, 2.45) is 17.8 Å². The highest BCUT2D eigenvalue weighted by Crippen LogP contribution is 2.68. The van der Waals surface area contributed by atoms with Crippen LogP contribution >= 0.6 is 11.8 Å². The van der Waals surface area contributed by atoms with E-state index in [0.717, 1.165) is 37.3 Å². The van der Waals surface area contributed by atoms with Gasteiger partial charge in [0, 0.05) is 49.4 Å². The number of anilines is 2. The maximum atomic E-state index is 14.8. The Morgan fingerprint density at radius 1 is 1.12 bits per heavy atom. The van der Waals surface area contributed by atoms with Gasteiger partial charge < -0.3 is 24.5 Å². The SMILES string of the molecule is C=CCCOC(=O)[C@@H]1[C@H]2C(=O)N(CCCCCO)C(C(=O)N(CC=C)c3ccc(N(CC)CC)cc3)C23S[C@@H]1CC3C. The first kappa shape index (κ1) is 32.1. The molecule has 9 heteroatoms. The van der Waals surface area contributed by atoms with Crippen molar-refractivity contribution in [2.45, 2.75) is 68.9 Å². The molecule has 3 saturated heterocycles. The lowest BCUT2D eigenvalue weighted by atomic mass is 9.66. The maximum absolute atomic E-state index is 14.8. The van der Waals surface area contributed by atoms with Crippen LogP contribution in [0.3, 0.4) is 0 Å². The van der Waals surface area contributed by atoms with Crippen molar-refractivity contribution >= 4 is 40.9 Å². The van der Waals surface area contributed by atoms with E-state index >= 15 is 0 Å². The minimum Gasteiger partial charge on any atom is -0.465 e. The molecule has 1 aromatic carbocycles. The predicted octanol–water partition coefficient (Wildman–Crippen LogP) is 4.67. The van der Waals surface area contributed by atoms with Crippen molar-refractivity contribution in [3.63, 3.8) is 0 Å². The Balaban J connectivity index is 1.71. The first-order valence-electron chi connectivity index (χ1n) is 15.4. The van der Waals surface area contributed by atoms with Gasteiger partial charge in [0.1, 0.15) is 6.04 Å². The average molecular weight is 598 g/mol. The number of thioether (sulfide) groups is 1. The molecule has 230 valence electrons. The average Bonchev–Trinajstić information content (AvgIpc) is 3.58. The molecule has 1 N–H and O–H groups in total. The summed E-state index contributed by atoms with van der Waals surface area (Å²) in [5.74, 6) is -1.70. The van der Waals surface area contributed by atoms with Gasteiger partial charge in [-0.1, -0.05) is 19.1 Å². The van der Waals surface area contributed by atoms with Crippen molar-refractivity contribution in [3.05, 3.63) is 49.6 Å². The first-order chi connectivity index (χ1) is 20.3. The molecule has 4 rings (SSSR count). The number of unbranched alkanes of at least 4 members (excludes halogenated alkanes) is 2. The fourth-order valence-corrected chi connectivity index (χ4v) is 9.65. The summed E-state index contributed by atoms with van der Waals surface area (Å²) in [4.78, 5) is 48.2. The summed E-state index contributed by atoms with van der Waals surface area (Å²) in [5, 5.41) is 9.26. The smallest absolute Gasteiger partial charge is 0.310 e. The number of fused-ring (bicyclic) bond motifs is 1. The van der Waals surface area contributed by atoms with Gasteiger partial charge in [-0.15, -0.1) is 24.9 Å². The Bertz CT molecular complexity index is 1140. The van der Waals surface area contributed by atoms with Gasteiger partial charge in [-0.3, -0.25) is 14.4 Å². The van der Waals surface area contributed by atoms with Gasteiger partial charge in [0.25, 0.3) is 5.91 Å². The largest absolute Gasteiger partial charge is 0.465 e. The van der Waals surface area contributed by atoms with Crippen molar-refractivity contribution in [2.75, 3.05) is 49.2 Å². The number of hydrogen-bond acceptors (Lipinski definition) is 7. The number of nitrogens with zero attached hydrogens (tertiary/aromatic N) is 3. The number of aliphatic hydroxyl groups excluding tert-OH is 1. The third-order valence-electron chi connectivity index (χ3n) is 9.24. The molecule has 3 heterocycles. The second-order valence-corrected chi connectivity index (χ2v) is 13.1. The third-order valence-corrected chi connectivity index (χ3v) is 11.3. The molecule has 42 heavy (non-hydrogen) atoms. The molecule has 2 amide bonds. The van der Waals surface area contributed by atoms with Gasteiger partial charge in [0.2, 0.25) is 5.91 Å². The Hall–Kier alpha value is -2.78. The number of amides is 2. The van der Waals surface area contributed by atoms with Crippen LogP contribution in [-0.2, 0) is 19.1 Å². The third kappa shape index (κ3) is 5.74. The standard InChI is InChI=1S/C33H47N3O5S/c1-6-10-21-41-32(40)27-26-22-23(5)33(42-26)28(27)30(38)36(19-12-11-13-20-37)29(33)31(39)35(18-7-2)25-16-14-24(15-17-25)34(8-3)9-4/h6-7,14-17,23,26-29,37H,1-2,8-13,18-22H2,3-5H3/t23?,26-,27+,28+,29?,33?/m1/s1. The molecule has 8 nitrogen and oxygen atoms in total. The summed E-state index contributed by atoms with van der Waals surface area (Å²) in [7, 11) is 0. The molecular weight excluding hydrogens is 550 g/mol. The number of carbonyl (C=O) groups is 3. The number of ether oxygens (including phenoxy) is 1. The van der Waals surface area contributed by atoms with E-state index in [-0.39, 0.29) is 42.2 Å². The summed E-state index contributed by atoms with van der Waals surface area (Å²) < 4.78 is 4.91. The zero-order valence-electron chi connectivity index (χ0n) is 25.4. The molecule has 3 aliphatic rings. The highest BCUT2D eigenvalue weighted by molar-refractivity contribution is 8.02. The van der Waals surface area contributed by atoms with Crippen molar-refractivity contribution in [1.29, 1.82) is 0 Å². The molecule has 0 radical (unpaired) electrons. The summed E-state index contributed by atoms with van der Waals surface area (Å²) >= 11 is 1.66. The molecule has 6 atom stereocenters. The molecule has 1 aromatic rings. The van der Waals surface area contributed by atoms with Gasteiger partial charge in [0.05, 0.1) is 23.2 Å². The summed E-state index contributed by atoms with van der Waals surface area (Å²) in [6, 6.07) is 7.30. The highest BCUT2D eigenvalue weighted by atomic mass is 32.2. The van der Waals surface area contributed by atoms with Crippen LogP contribution in [0.4, 0.5) is 11.4 Å². The van der Waals surface area contributed by atoms with Crippen LogP contribution in [0.2, 0.25) is 0 Å². The number of benzene rings is 1. The normalized spacial score (nSPS) is 27.6. The number of likely N-dealkylation sites (tertiary alicyclic amines) is 1. The molecule has 3 aliphatic heterocycles. The van der Waals surface area contributed by atoms with Gasteiger partial charge in [-0.25, -0.2) is 0 Å². The maximum Gasteiger partial charge on any atom is 0.310 e. The van der Waals surface area contributed by atoms with Gasteiger partial charge in [0.15, 0.2) is 0 Å². The van der Waals surface area contributed by atoms with Gasteiger partial charge >= 0.3 is 5.97 Å². The number of carbonyl (C=O) groups excluding carboxylic acids is 3. The Kier molecular flexibility index (Phi) is 10.8. The first-order valence-corrected chi connectivity index (χ1v) is 16.3. The molecule has 0 aliphatic carbocycles. The van der Waals surface area contributed by atoms with E-state index in [2.05, 4.69) is 38.8 Å². The predicted molar refractivity (Wildman–Crippen MR) is 170 cm³/mol. The van der Waals surface area contributed by atoms with Gasteiger partial charge in [-0.05, 0) is 76.1 Å². The minimum absolute atomic E-state index is 0.0572. The zero-order valence-corrected chi connectivity index (χ0v) is 26.2. The fourth-order valence-electron chi connectivity index (χ4n) is 7.25. The lowest BCUT2D eigenvalue weighted by Crippen LogP contribution is -2.57. The molecule has 0 saturated carbocycles. The highest BCUT2D eigenvalue weighted by Gasteiger charge is 2.76. The second kappa shape index (κ2) is 14.1. The Labute approximate surface area is 255 Å². The second-order valence-electron chi connectivity index (χ2n) is 11.5. The topological polar surface area (TPSA) is 90.4 Å². The van der Waals surface area contributed by atoms with Crippen LogP contribution in [0.15, 0.2) is 49.6 Å². The van der Waals surface area contributed by atoms with Crippen LogP contribution in [0, 0.1) is 17.8 Å². The number of hydrogen-bond donors (Lipinski definition) is 1. The quantitative estimate of drug-likeness (QED) is 0.168. The van der Waals surface area contributed by atoms with E-state index in [1.165, 1.54) is 0 Å². The van der Waals surface area contributed by atoms with E-state index in [4.69, 9.17) is 4.74 Å². The summed E-state index contributed by atoms with van der Waals surface area (Å²) in [5.41, 5.74) is 1.85.